The summed E-state index contributed by atoms with van der Waals surface area (Å²) in [5.74, 6) is 1.64. The third kappa shape index (κ3) is 1.87. The Balaban J connectivity index is 1.63. The molecule has 4 aliphatic rings. The van der Waals surface area contributed by atoms with E-state index in [9.17, 15) is 9.90 Å². The lowest BCUT2D eigenvalue weighted by Crippen LogP contribution is -2.59. The number of piperidine rings is 1. The van der Waals surface area contributed by atoms with Crippen LogP contribution >= 0.6 is 0 Å². The molecule has 3 saturated carbocycles. The van der Waals surface area contributed by atoms with E-state index in [4.69, 9.17) is 0 Å². The molecule has 2 N–H and O–H groups in total. The fourth-order valence-corrected chi connectivity index (χ4v) is 7.30. The van der Waals surface area contributed by atoms with Crippen LogP contribution < -0.4 is 5.32 Å². The highest BCUT2D eigenvalue weighted by atomic mass is 16.4. The van der Waals surface area contributed by atoms with Crippen molar-refractivity contribution in [3.05, 3.63) is 0 Å². The molecule has 0 bridgehead atoms. The van der Waals surface area contributed by atoms with Crippen LogP contribution in [0.4, 0.5) is 0 Å². The highest BCUT2D eigenvalue weighted by molar-refractivity contribution is 5.71. The molecule has 2 unspecified atom stereocenters. The zero-order chi connectivity index (χ0) is 15.5. The number of carbonyl (C=O) groups is 1. The molecule has 0 radical (unpaired) electrons. The summed E-state index contributed by atoms with van der Waals surface area (Å²) in [5.41, 5.74) is 0.530. The predicted molar refractivity (Wildman–Crippen MR) is 86.5 cm³/mol. The lowest BCUT2D eigenvalue weighted by atomic mass is 9.47. The van der Waals surface area contributed by atoms with Crippen molar-refractivity contribution >= 4 is 5.97 Å². The van der Waals surface area contributed by atoms with Crippen LogP contribution in [0, 0.1) is 34.5 Å². The average Bonchev–Trinajstić information content (AvgIpc) is 2.84. The van der Waals surface area contributed by atoms with Crippen LogP contribution in [0.1, 0.15) is 65.2 Å². The quantitative estimate of drug-likeness (QED) is 0.777. The number of rotatable bonds is 1. The van der Waals surface area contributed by atoms with E-state index in [-0.39, 0.29) is 11.3 Å². The molecule has 1 saturated heterocycles. The number of hydrogen-bond donors (Lipinski definition) is 2. The SMILES string of the molecule is C[C@]12CCCNC1CC[C@@H]1[C@H]2CC[C@]2(C)C(C(=O)O)CC[C@@H]12. The number of carboxylic acid groups (broad SMARTS) is 1. The largest absolute Gasteiger partial charge is 0.481 e. The van der Waals surface area contributed by atoms with Crippen LogP contribution in [0.3, 0.4) is 0 Å². The van der Waals surface area contributed by atoms with Gasteiger partial charge in [0.1, 0.15) is 0 Å². The van der Waals surface area contributed by atoms with Crippen molar-refractivity contribution in [1.29, 1.82) is 0 Å². The van der Waals surface area contributed by atoms with Crippen molar-refractivity contribution in [3.63, 3.8) is 0 Å². The summed E-state index contributed by atoms with van der Waals surface area (Å²) < 4.78 is 0. The van der Waals surface area contributed by atoms with Crippen molar-refractivity contribution in [1.82, 2.24) is 5.32 Å². The summed E-state index contributed by atoms with van der Waals surface area (Å²) in [7, 11) is 0. The fourth-order valence-electron chi connectivity index (χ4n) is 7.30. The summed E-state index contributed by atoms with van der Waals surface area (Å²) in [6.45, 7) is 6.03. The number of nitrogens with one attached hydrogen (secondary N) is 1. The second-order valence-electron chi connectivity index (χ2n) is 9.08. The van der Waals surface area contributed by atoms with Gasteiger partial charge in [-0.05, 0) is 86.5 Å². The lowest BCUT2D eigenvalue weighted by Gasteiger charge is -2.60. The lowest BCUT2D eigenvalue weighted by molar-refractivity contribution is -0.150. The summed E-state index contributed by atoms with van der Waals surface area (Å²) in [6.07, 6.45) is 9.79. The van der Waals surface area contributed by atoms with E-state index in [1.54, 1.807) is 0 Å². The first kappa shape index (κ1) is 15.0. The van der Waals surface area contributed by atoms with E-state index in [0.29, 0.717) is 17.4 Å². The van der Waals surface area contributed by atoms with E-state index in [0.717, 1.165) is 31.1 Å². The van der Waals surface area contributed by atoms with Gasteiger partial charge in [0, 0.05) is 6.04 Å². The fraction of sp³-hybridized carbons (Fsp3) is 0.947. The van der Waals surface area contributed by atoms with Crippen LogP contribution in [-0.2, 0) is 4.79 Å². The van der Waals surface area contributed by atoms with E-state index in [1.807, 2.05) is 0 Å². The highest BCUT2D eigenvalue weighted by Gasteiger charge is 2.60. The minimum Gasteiger partial charge on any atom is -0.481 e. The second-order valence-corrected chi connectivity index (χ2v) is 9.08. The Hall–Kier alpha value is -0.570. The molecular weight excluding hydrogens is 274 g/mol. The molecule has 3 nitrogen and oxygen atoms in total. The molecule has 0 aromatic carbocycles. The summed E-state index contributed by atoms with van der Waals surface area (Å²) in [5, 5.41) is 13.4. The van der Waals surface area contributed by atoms with Gasteiger partial charge in [0.2, 0.25) is 0 Å². The number of fused-ring (bicyclic) bond motifs is 5. The van der Waals surface area contributed by atoms with Crippen LogP contribution in [0.15, 0.2) is 0 Å². The molecule has 0 spiro atoms. The van der Waals surface area contributed by atoms with Crippen LogP contribution in [0.5, 0.6) is 0 Å². The predicted octanol–water partition coefficient (Wildman–Crippen LogP) is 3.68. The summed E-state index contributed by atoms with van der Waals surface area (Å²) in [4.78, 5) is 11.7. The molecule has 7 atom stereocenters. The molecular formula is C19H31NO2. The highest BCUT2D eigenvalue weighted by Crippen LogP contribution is 2.65. The van der Waals surface area contributed by atoms with Crippen molar-refractivity contribution in [2.45, 2.75) is 71.3 Å². The molecule has 0 amide bonds. The van der Waals surface area contributed by atoms with Gasteiger partial charge in [-0.3, -0.25) is 4.79 Å². The van der Waals surface area contributed by atoms with Gasteiger partial charge in [0.25, 0.3) is 0 Å². The van der Waals surface area contributed by atoms with Gasteiger partial charge < -0.3 is 10.4 Å². The number of hydrogen-bond acceptors (Lipinski definition) is 2. The van der Waals surface area contributed by atoms with Gasteiger partial charge in [-0.1, -0.05) is 13.8 Å². The molecule has 0 aromatic rings. The standard InChI is InChI=1S/C19H31NO2/c1-18-10-8-14-12(13(18)5-6-15(18)17(21)22)4-7-16-19(14,2)9-3-11-20-16/h12-16,20H,3-11H2,1-2H3,(H,21,22)/t12-,13-,14+,15?,16?,18-,19+/m0/s1. The Kier molecular flexibility index (Phi) is 3.38. The van der Waals surface area contributed by atoms with Crippen LogP contribution in [-0.4, -0.2) is 23.7 Å². The number of aliphatic carboxylic acids is 1. The molecule has 3 aliphatic carbocycles. The minimum absolute atomic E-state index is 0.0678. The van der Waals surface area contributed by atoms with Crippen LogP contribution in [0.25, 0.3) is 0 Å². The van der Waals surface area contributed by atoms with Gasteiger partial charge in [-0.15, -0.1) is 0 Å². The first-order chi connectivity index (χ1) is 10.5. The zero-order valence-electron chi connectivity index (χ0n) is 14.1. The van der Waals surface area contributed by atoms with Gasteiger partial charge in [-0.2, -0.15) is 0 Å². The average molecular weight is 305 g/mol. The maximum Gasteiger partial charge on any atom is 0.307 e. The smallest absolute Gasteiger partial charge is 0.307 e. The third-order valence-electron chi connectivity index (χ3n) is 8.45. The first-order valence-electron chi connectivity index (χ1n) is 9.43. The molecule has 1 aliphatic heterocycles. The van der Waals surface area contributed by atoms with Gasteiger partial charge >= 0.3 is 5.97 Å². The van der Waals surface area contributed by atoms with Gasteiger partial charge in [0.05, 0.1) is 5.92 Å². The van der Waals surface area contributed by atoms with Crippen molar-refractivity contribution in [3.8, 4) is 0 Å². The van der Waals surface area contributed by atoms with E-state index in [2.05, 4.69) is 19.2 Å². The van der Waals surface area contributed by atoms with Gasteiger partial charge in [0.15, 0.2) is 0 Å². The van der Waals surface area contributed by atoms with E-state index < -0.39 is 5.97 Å². The Morgan fingerprint density at radius 2 is 1.77 bits per heavy atom. The molecule has 4 rings (SSSR count). The van der Waals surface area contributed by atoms with E-state index >= 15 is 0 Å². The van der Waals surface area contributed by atoms with Gasteiger partial charge in [-0.25, -0.2) is 0 Å². The van der Waals surface area contributed by atoms with Crippen molar-refractivity contribution in [2.24, 2.45) is 34.5 Å². The molecule has 22 heavy (non-hydrogen) atoms. The maximum absolute atomic E-state index is 11.7. The first-order valence-corrected chi connectivity index (χ1v) is 9.43. The van der Waals surface area contributed by atoms with Crippen LogP contribution in [0.2, 0.25) is 0 Å². The zero-order valence-corrected chi connectivity index (χ0v) is 14.1. The minimum atomic E-state index is -0.539. The Bertz CT molecular complexity index is 478. The maximum atomic E-state index is 11.7. The molecule has 4 fully saturated rings. The molecule has 124 valence electrons. The normalized spacial score (nSPS) is 54.2. The second kappa shape index (κ2) is 4.96. The number of carboxylic acids is 1. The monoisotopic (exact) mass is 305 g/mol. The summed E-state index contributed by atoms with van der Waals surface area (Å²) >= 11 is 0. The molecule has 0 aromatic heterocycles. The van der Waals surface area contributed by atoms with E-state index in [1.165, 1.54) is 38.6 Å². The molecule has 3 heteroatoms. The third-order valence-corrected chi connectivity index (χ3v) is 8.45. The Labute approximate surface area is 134 Å². The summed E-state index contributed by atoms with van der Waals surface area (Å²) in [6, 6.07) is 0.712. The van der Waals surface area contributed by atoms with Crippen molar-refractivity contribution in [2.75, 3.05) is 6.54 Å². The topological polar surface area (TPSA) is 49.3 Å². The molecule has 1 heterocycles. The Morgan fingerprint density at radius 3 is 2.55 bits per heavy atom. The van der Waals surface area contributed by atoms with Crippen molar-refractivity contribution < 1.29 is 9.90 Å². The Morgan fingerprint density at radius 1 is 1.00 bits per heavy atom.